The van der Waals surface area contributed by atoms with E-state index in [1.165, 1.54) is 13.0 Å². The zero-order chi connectivity index (χ0) is 14.0. The molecule has 7 nitrogen and oxygen atoms in total. The molecular weight excluding hydrogens is 254 g/mol. The zero-order valence-corrected chi connectivity index (χ0v) is 10.2. The number of benzene rings is 1. The Balaban J connectivity index is 2.22. The van der Waals surface area contributed by atoms with Crippen molar-refractivity contribution in [2.24, 2.45) is 0 Å². The molecule has 1 aliphatic rings. The van der Waals surface area contributed by atoms with Gasteiger partial charge in [-0.25, -0.2) is 0 Å². The number of hydrogen-bond donors (Lipinski definition) is 1. The number of nitro groups is 1. The van der Waals surface area contributed by atoms with Crippen LogP contribution in [0.5, 0.6) is 0 Å². The summed E-state index contributed by atoms with van der Waals surface area (Å²) >= 11 is 0. The molecule has 2 unspecified atom stereocenters. The van der Waals surface area contributed by atoms with E-state index in [-0.39, 0.29) is 18.7 Å². The van der Waals surface area contributed by atoms with Gasteiger partial charge in [0.2, 0.25) is 0 Å². The molecule has 0 saturated carbocycles. The molecule has 2 atom stereocenters. The molecule has 2 rings (SSSR count). The molecule has 1 fully saturated rings. The Morgan fingerprint density at radius 1 is 1.58 bits per heavy atom. The Labute approximate surface area is 108 Å². The molecule has 1 aromatic carbocycles. The summed E-state index contributed by atoms with van der Waals surface area (Å²) in [5.41, 5.74) is 0.331. The molecule has 0 spiro atoms. The van der Waals surface area contributed by atoms with E-state index in [0.717, 1.165) is 0 Å². The van der Waals surface area contributed by atoms with Crippen molar-refractivity contribution in [1.29, 1.82) is 0 Å². The van der Waals surface area contributed by atoms with Gasteiger partial charge in [0.05, 0.1) is 23.5 Å². The smallest absolute Gasteiger partial charge is 0.308 e. The lowest BCUT2D eigenvalue weighted by Gasteiger charge is -2.20. The fraction of sp³-hybridized carbons (Fsp3) is 0.417. The molecule has 1 N–H and O–H groups in total. The van der Waals surface area contributed by atoms with Crippen LogP contribution in [0, 0.1) is 10.1 Å². The number of carbonyl (C=O) groups is 1. The normalized spacial score (nSPS) is 26.3. The number of nitrogens with zero attached hydrogens (tertiary/aromatic N) is 1. The lowest BCUT2D eigenvalue weighted by Crippen LogP contribution is -2.29. The largest absolute Gasteiger partial charge is 0.481 e. The number of aliphatic carboxylic acids is 1. The van der Waals surface area contributed by atoms with E-state index < -0.39 is 22.8 Å². The number of ether oxygens (including phenoxy) is 2. The van der Waals surface area contributed by atoms with Crippen LogP contribution >= 0.6 is 0 Å². The van der Waals surface area contributed by atoms with E-state index in [1.54, 1.807) is 18.2 Å². The Bertz CT molecular complexity index is 517. The standard InChI is InChI=1S/C12H13NO6/c1-12(6-11(14)15)18-7-10(19-12)8-4-2-3-5-9(8)13(16)17/h2-5,10H,6-7H2,1H3,(H,14,15). The van der Waals surface area contributed by atoms with Crippen LogP contribution in [-0.2, 0) is 14.3 Å². The number of rotatable bonds is 4. The first-order valence-electron chi connectivity index (χ1n) is 5.68. The molecule has 7 heteroatoms. The quantitative estimate of drug-likeness (QED) is 0.660. The molecule has 0 aromatic heterocycles. The van der Waals surface area contributed by atoms with Crippen molar-refractivity contribution >= 4 is 11.7 Å². The minimum absolute atomic E-state index is 0.0596. The second-order valence-electron chi connectivity index (χ2n) is 4.44. The third kappa shape index (κ3) is 2.88. The summed E-state index contributed by atoms with van der Waals surface area (Å²) in [7, 11) is 0. The highest BCUT2D eigenvalue weighted by Crippen LogP contribution is 2.38. The van der Waals surface area contributed by atoms with E-state index in [9.17, 15) is 14.9 Å². The summed E-state index contributed by atoms with van der Waals surface area (Å²) in [6, 6.07) is 6.19. The van der Waals surface area contributed by atoms with E-state index >= 15 is 0 Å². The molecule has 1 aliphatic heterocycles. The first-order chi connectivity index (χ1) is 8.91. The van der Waals surface area contributed by atoms with Gasteiger partial charge in [-0.1, -0.05) is 12.1 Å². The van der Waals surface area contributed by atoms with Gasteiger partial charge in [-0.05, 0) is 13.0 Å². The van der Waals surface area contributed by atoms with Crippen molar-refractivity contribution in [2.75, 3.05) is 6.61 Å². The maximum atomic E-state index is 10.9. The fourth-order valence-electron chi connectivity index (χ4n) is 2.07. The molecule has 0 bridgehead atoms. The van der Waals surface area contributed by atoms with Crippen LogP contribution in [0.1, 0.15) is 25.0 Å². The van der Waals surface area contributed by atoms with Crippen LogP contribution in [-0.4, -0.2) is 28.4 Å². The highest BCUT2D eigenvalue weighted by atomic mass is 16.7. The molecule has 0 radical (unpaired) electrons. The van der Waals surface area contributed by atoms with Crippen molar-refractivity contribution in [2.45, 2.75) is 25.2 Å². The van der Waals surface area contributed by atoms with Crippen LogP contribution < -0.4 is 0 Å². The van der Waals surface area contributed by atoms with E-state index in [2.05, 4.69) is 0 Å². The SMILES string of the molecule is CC1(CC(=O)O)OCC(c2ccccc2[N+](=O)[O-])O1. The van der Waals surface area contributed by atoms with Gasteiger partial charge in [0, 0.05) is 6.07 Å². The van der Waals surface area contributed by atoms with Crippen molar-refractivity contribution in [1.82, 2.24) is 0 Å². The van der Waals surface area contributed by atoms with Gasteiger partial charge in [0.25, 0.3) is 5.69 Å². The minimum atomic E-state index is -1.25. The molecular formula is C12H13NO6. The number of carboxylic acids is 1. The van der Waals surface area contributed by atoms with Crippen molar-refractivity contribution < 1.29 is 24.3 Å². The topological polar surface area (TPSA) is 98.9 Å². The third-order valence-corrected chi connectivity index (χ3v) is 2.88. The lowest BCUT2D eigenvalue weighted by atomic mass is 10.1. The third-order valence-electron chi connectivity index (χ3n) is 2.88. The highest BCUT2D eigenvalue weighted by molar-refractivity contribution is 5.67. The van der Waals surface area contributed by atoms with E-state index in [1.807, 2.05) is 0 Å². The van der Waals surface area contributed by atoms with Gasteiger partial charge < -0.3 is 14.6 Å². The molecule has 1 saturated heterocycles. The average Bonchev–Trinajstić information content (AvgIpc) is 2.70. The second-order valence-corrected chi connectivity index (χ2v) is 4.44. The molecule has 102 valence electrons. The maximum Gasteiger partial charge on any atom is 0.308 e. The Hall–Kier alpha value is -1.99. The summed E-state index contributed by atoms with van der Waals surface area (Å²) in [5.74, 6) is -2.30. The van der Waals surface area contributed by atoms with Crippen molar-refractivity contribution in [3.05, 3.63) is 39.9 Å². The van der Waals surface area contributed by atoms with Gasteiger partial charge in [-0.2, -0.15) is 0 Å². The number of para-hydroxylation sites is 1. The van der Waals surface area contributed by atoms with Gasteiger partial charge in [0.1, 0.15) is 6.10 Å². The Morgan fingerprint density at radius 2 is 2.26 bits per heavy atom. The van der Waals surface area contributed by atoms with Crippen LogP contribution in [0.3, 0.4) is 0 Å². The van der Waals surface area contributed by atoms with Crippen LogP contribution in [0.4, 0.5) is 5.69 Å². The number of carboxylic acid groups (broad SMARTS) is 1. The van der Waals surface area contributed by atoms with Gasteiger partial charge in [0.15, 0.2) is 5.79 Å². The lowest BCUT2D eigenvalue weighted by molar-refractivity contribution is -0.386. The number of hydrogen-bond acceptors (Lipinski definition) is 5. The molecule has 0 aliphatic carbocycles. The fourth-order valence-corrected chi connectivity index (χ4v) is 2.07. The summed E-state index contributed by atoms with van der Waals surface area (Å²) in [4.78, 5) is 21.1. The summed E-state index contributed by atoms with van der Waals surface area (Å²) < 4.78 is 10.9. The van der Waals surface area contributed by atoms with E-state index in [0.29, 0.717) is 5.56 Å². The van der Waals surface area contributed by atoms with Gasteiger partial charge >= 0.3 is 5.97 Å². The second kappa shape index (κ2) is 4.94. The van der Waals surface area contributed by atoms with Gasteiger partial charge in [-0.3, -0.25) is 14.9 Å². The number of nitro benzene ring substituents is 1. The van der Waals surface area contributed by atoms with Crippen molar-refractivity contribution in [3.63, 3.8) is 0 Å². The minimum Gasteiger partial charge on any atom is -0.481 e. The molecule has 19 heavy (non-hydrogen) atoms. The van der Waals surface area contributed by atoms with Crippen LogP contribution in [0.2, 0.25) is 0 Å². The van der Waals surface area contributed by atoms with Crippen LogP contribution in [0.25, 0.3) is 0 Å². The summed E-state index contributed by atoms with van der Waals surface area (Å²) in [5, 5.41) is 19.7. The first-order valence-corrected chi connectivity index (χ1v) is 5.68. The van der Waals surface area contributed by atoms with Crippen LogP contribution in [0.15, 0.2) is 24.3 Å². The maximum absolute atomic E-state index is 10.9. The predicted molar refractivity (Wildman–Crippen MR) is 63.5 cm³/mol. The molecule has 1 aromatic rings. The Morgan fingerprint density at radius 3 is 2.89 bits per heavy atom. The summed E-state index contributed by atoms with van der Waals surface area (Å²) in [6.07, 6.45) is -0.949. The molecule has 1 heterocycles. The van der Waals surface area contributed by atoms with Gasteiger partial charge in [-0.15, -0.1) is 0 Å². The highest BCUT2D eigenvalue weighted by Gasteiger charge is 2.41. The predicted octanol–water partition coefficient (Wildman–Crippen LogP) is 1.87. The molecule has 0 amide bonds. The monoisotopic (exact) mass is 267 g/mol. The summed E-state index contributed by atoms with van der Waals surface area (Å²) in [6.45, 7) is 1.60. The average molecular weight is 267 g/mol. The first kappa shape index (κ1) is 13.4. The van der Waals surface area contributed by atoms with Crippen molar-refractivity contribution in [3.8, 4) is 0 Å². The zero-order valence-electron chi connectivity index (χ0n) is 10.2. The Kier molecular flexibility index (Phi) is 3.50. The van der Waals surface area contributed by atoms with E-state index in [4.69, 9.17) is 14.6 Å².